The third-order valence-electron chi connectivity index (χ3n) is 2.75. The molecule has 2 rings (SSSR count). The van der Waals surface area contributed by atoms with E-state index in [4.69, 9.17) is 4.74 Å². The first-order chi connectivity index (χ1) is 8.09. The van der Waals surface area contributed by atoms with E-state index in [1.54, 1.807) is 0 Å². The molecule has 0 atom stereocenters. The molecule has 0 aromatic heterocycles. The summed E-state index contributed by atoms with van der Waals surface area (Å²) in [6, 6.07) is 10.6. The lowest BCUT2D eigenvalue weighted by Crippen LogP contribution is -2.06. The highest BCUT2D eigenvalue weighted by Crippen LogP contribution is 2.33. The molecule has 90 valence electrons. The Balaban J connectivity index is 2.53. The molecule has 0 N–H and O–H groups in total. The number of hydrogen-bond acceptors (Lipinski definition) is 1. The summed E-state index contributed by atoms with van der Waals surface area (Å²) in [4.78, 5) is 0. The minimum absolute atomic E-state index is 0.547. The van der Waals surface area contributed by atoms with Crippen LogP contribution in [0.25, 0.3) is 10.8 Å². The van der Waals surface area contributed by atoms with Crippen molar-refractivity contribution in [2.45, 2.75) is 20.8 Å². The number of rotatable bonds is 3. The summed E-state index contributed by atoms with van der Waals surface area (Å²) in [5, 5.41) is 2.47. The summed E-state index contributed by atoms with van der Waals surface area (Å²) in [6.07, 6.45) is 0. The van der Waals surface area contributed by atoms with E-state index in [2.05, 4.69) is 73.7 Å². The summed E-state index contributed by atoms with van der Waals surface area (Å²) in [6.45, 7) is 7.24. The first kappa shape index (κ1) is 12.7. The Bertz CT molecular complexity index is 532. The average molecular weight is 340 g/mol. The van der Waals surface area contributed by atoms with Gasteiger partial charge in [-0.2, -0.15) is 0 Å². The molecule has 1 nitrogen and oxygen atoms in total. The number of ether oxygens (including phenoxy) is 1. The van der Waals surface area contributed by atoms with Gasteiger partial charge < -0.3 is 4.74 Å². The standard InChI is InChI=1S/C15H17IO/c1-10(2)9-17-15-11(3)14(16)8-12-6-4-5-7-13(12)15/h4-8,10H,9H2,1-3H3. The van der Waals surface area contributed by atoms with E-state index < -0.39 is 0 Å². The van der Waals surface area contributed by atoms with Crippen molar-refractivity contribution in [1.82, 2.24) is 0 Å². The molecule has 0 saturated carbocycles. The molecule has 0 aliphatic carbocycles. The zero-order valence-corrected chi connectivity index (χ0v) is 12.6. The summed E-state index contributed by atoms with van der Waals surface area (Å²) in [5.41, 5.74) is 1.24. The van der Waals surface area contributed by atoms with Gasteiger partial charge in [0.1, 0.15) is 5.75 Å². The van der Waals surface area contributed by atoms with Crippen molar-refractivity contribution in [3.05, 3.63) is 39.5 Å². The van der Waals surface area contributed by atoms with Crippen LogP contribution >= 0.6 is 22.6 Å². The van der Waals surface area contributed by atoms with Crippen LogP contribution < -0.4 is 4.74 Å². The van der Waals surface area contributed by atoms with Crippen molar-refractivity contribution in [3.8, 4) is 5.75 Å². The van der Waals surface area contributed by atoms with Gasteiger partial charge in [-0.3, -0.25) is 0 Å². The first-order valence-electron chi connectivity index (χ1n) is 5.90. The summed E-state index contributed by atoms with van der Waals surface area (Å²) >= 11 is 2.38. The van der Waals surface area contributed by atoms with Crippen LogP contribution in [0.4, 0.5) is 0 Å². The monoisotopic (exact) mass is 340 g/mol. The van der Waals surface area contributed by atoms with E-state index in [9.17, 15) is 0 Å². The first-order valence-corrected chi connectivity index (χ1v) is 6.98. The Morgan fingerprint density at radius 2 is 1.94 bits per heavy atom. The van der Waals surface area contributed by atoms with E-state index in [1.807, 2.05) is 0 Å². The topological polar surface area (TPSA) is 9.23 Å². The van der Waals surface area contributed by atoms with Crippen LogP contribution in [0.5, 0.6) is 5.75 Å². The van der Waals surface area contributed by atoms with Crippen LogP contribution in [0.1, 0.15) is 19.4 Å². The van der Waals surface area contributed by atoms with Crippen LogP contribution in [0.15, 0.2) is 30.3 Å². The Morgan fingerprint density at radius 1 is 1.24 bits per heavy atom. The SMILES string of the molecule is Cc1c(I)cc2ccccc2c1OCC(C)C. The lowest BCUT2D eigenvalue weighted by atomic mass is 10.1. The average Bonchev–Trinajstić information content (AvgIpc) is 2.29. The third-order valence-corrected chi connectivity index (χ3v) is 3.87. The molecule has 0 bridgehead atoms. The maximum atomic E-state index is 5.99. The smallest absolute Gasteiger partial charge is 0.131 e. The van der Waals surface area contributed by atoms with E-state index >= 15 is 0 Å². The number of fused-ring (bicyclic) bond motifs is 1. The largest absolute Gasteiger partial charge is 0.492 e. The van der Waals surface area contributed by atoms with E-state index in [0.717, 1.165) is 12.4 Å². The van der Waals surface area contributed by atoms with Crippen molar-refractivity contribution in [2.24, 2.45) is 5.92 Å². The molecule has 2 aromatic carbocycles. The van der Waals surface area contributed by atoms with Crippen LogP contribution in [0, 0.1) is 16.4 Å². The molecule has 2 aromatic rings. The van der Waals surface area contributed by atoms with Gasteiger partial charge in [0.2, 0.25) is 0 Å². The number of benzene rings is 2. The quantitative estimate of drug-likeness (QED) is 0.730. The molecule has 17 heavy (non-hydrogen) atoms. The van der Waals surface area contributed by atoms with Crippen LogP contribution in [0.2, 0.25) is 0 Å². The number of hydrogen-bond donors (Lipinski definition) is 0. The van der Waals surface area contributed by atoms with Gasteiger partial charge in [0.25, 0.3) is 0 Å². The van der Waals surface area contributed by atoms with Crippen LogP contribution in [0.3, 0.4) is 0 Å². The van der Waals surface area contributed by atoms with Gasteiger partial charge in [-0.25, -0.2) is 0 Å². The van der Waals surface area contributed by atoms with Gasteiger partial charge in [-0.15, -0.1) is 0 Å². The minimum atomic E-state index is 0.547. The molecule has 0 saturated heterocycles. The Hall–Kier alpha value is -0.770. The number of halogens is 1. The third kappa shape index (κ3) is 2.73. The van der Waals surface area contributed by atoms with Gasteiger partial charge in [-0.05, 0) is 46.9 Å². The van der Waals surface area contributed by atoms with E-state index in [-0.39, 0.29) is 0 Å². The highest BCUT2D eigenvalue weighted by atomic mass is 127. The Kier molecular flexibility index (Phi) is 3.92. The van der Waals surface area contributed by atoms with E-state index in [1.165, 1.54) is 19.9 Å². The lowest BCUT2D eigenvalue weighted by molar-refractivity contribution is 0.272. The fraction of sp³-hybridized carbons (Fsp3) is 0.333. The van der Waals surface area contributed by atoms with Crippen LogP contribution in [-0.4, -0.2) is 6.61 Å². The zero-order chi connectivity index (χ0) is 12.4. The van der Waals surface area contributed by atoms with Crippen LogP contribution in [-0.2, 0) is 0 Å². The molecular formula is C15H17IO. The summed E-state index contributed by atoms with van der Waals surface area (Å²) in [5.74, 6) is 1.59. The predicted octanol–water partition coefficient (Wildman–Crippen LogP) is 4.79. The molecular weight excluding hydrogens is 323 g/mol. The lowest BCUT2D eigenvalue weighted by Gasteiger charge is -2.15. The Morgan fingerprint density at radius 3 is 2.65 bits per heavy atom. The molecule has 0 fully saturated rings. The zero-order valence-electron chi connectivity index (χ0n) is 10.5. The van der Waals surface area contributed by atoms with Gasteiger partial charge in [0.15, 0.2) is 0 Å². The molecule has 0 spiro atoms. The Labute approximate surface area is 116 Å². The van der Waals surface area contributed by atoms with Crippen molar-refractivity contribution in [2.75, 3.05) is 6.61 Å². The molecule has 0 aliphatic heterocycles. The van der Waals surface area contributed by atoms with Gasteiger partial charge in [-0.1, -0.05) is 38.1 Å². The second-order valence-electron chi connectivity index (χ2n) is 4.74. The maximum absolute atomic E-state index is 5.99. The molecule has 0 radical (unpaired) electrons. The molecule has 0 unspecified atom stereocenters. The molecule has 0 aliphatic rings. The van der Waals surface area contributed by atoms with Gasteiger partial charge in [0.05, 0.1) is 6.61 Å². The maximum Gasteiger partial charge on any atom is 0.131 e. The summed E-state index contributed by atoms with van der Waals surface area (Å²) < 4.78 is 7.25. The van der Waals surface area contributed by atoms with Crippen molar-refractivity contribution in [1.29, 1.82) is 0 Å². The van der Waals surface area contributed by atoms with Crippen molar-refractivity contribution in [3.63, 3.8) is 0 Å². The highest BCUT2D eigenvalue weighted by molar-refractivity contribution is 14.1. The predicted molar refractivity (Wildman–Crippen MR) is 81.7 cm³/mol. The highest BCUT2D eigenvalue weighted by Gasteiger charge is 2.10. The fourth-order valence-corrected chi connectivity index (χ4v) is 2.40. The second kappa shape index (κ2) is 5.25. The molecule has 2 heteroatoms. The van der Waals surface area contributed by atoms with E-state index in [0.29, 0.717) is 5.92 Å². The minimum Gasteiger partial charge on any atom is -0.492 e. The fourth-order valence-electron chi connectivity index (χ4n) is 1.82. The van der Waals surface area contributed by atoms with Gasteiger partial charge in [0, 0.05) is 14.5 Å². The molecule has 0 heterocycles. The summed E-state index contributed by atoms with van der Waals surface area (Å²) in [7, 11) is 0. The second-order valence-corrected chi connectivity index (χ2v) is 5.90. The normalized spacial score (nSPS) is 11.1. The molecule has 0 amide bonds. The van der Waals surface area contributed by atoms with Crippen molar-refractivity contribution < 1.29 is 4.74 Å². The van der Waals surface area contributed by atoms with Gasteiger partial charge >= 0.3 is 0 Å². The van der Waals surface area contributed by atoms with Crippen molar-refractivity contribution >= 4 is 33.4 Å².